The molecule has 3 N–H and O–H groups in total. The summed E-state index contributed by atoms with van der Waals surface area (Å²) in [5.74, 6) is -2.67. The lowest BCUT2D eigenvalue weighted by molar-refractivity contribution is -0.192. The van der Waals surface area contributed by atoms with Crippen molar-refractivity contribution in [2.24, 2.45) is 0 Å². The van der Waals surface area contributed by atoms with Gasteiger partial charge >= 0.3 is 12.1 Å². The first kappa shape index (κ1) is 31.4. The number of carboxylic acid groups (broad SMARTS) is 1. The molecule has 3 rings (SSSR count). The van der Waals surface area contributed by atoms with Crippen molar-refractivity contribution in [3.8, 4) is 0 Å². The number of rotatable bonds is 7. The minimum atomic E-state index is -5.08. The summed E-state index contributed by atoms with van der Waals surface area (Å²) in [6.45, 7) is 15.1. The van der Waals surface area contributed by atoms with Gasteiger partial charge in [-0.1, -0.05) is 32.9 Å². The number of nitrogens with one attached hydrogen (secondary N) is 2. The largest absolute Gasteiger partial charge is 0.490 e. The summed E-state index contributed by atoms with van der Waals surface area (Å²) < 4.78 is 31.7. The van der Waals surface area contributed by atoms with E-state index in [2.05, 4.69) is 65.5 Å². The lowest BCUT2D eigenvalue weighted by atomic mass is 9.95. The van der Waals surface area contributed by atoms with E-state index in [9.17, 15) is 22.8 Å². The standard InChI is InChI=1S/C21H32N4O2.C2HF3O2.C2H6/c1-15(4-9-21(27)23-14-26)18-5-7-19(8-6-18)24-12-20(13-24)25-11-10-22-16(2)17(25)3;3-2(4,5)1(6)7;1-2/h5-8,14-17,20,22H,4,9-13H2,1-3H3,(H,23,26,27);(H,6,7);1-2H3/t15?,16?,17-;;/m0../s1. The molecule has 2 aliphatic heterocycles. The van der Waals surface area contributed by atoms with Crippen LogP contribution in [-0.2, 0) is 14.4 Å². The molecule has 0 bridgehead atoms. The third-order valence-corrected chi connectivity index (χ3v) is 6.51. The predicted molar refractivity (Wildman–Crippen MR) is 133 cm³/mol. The Balaban J connectivity index is 0.000000623. The van der Waals surface area contributed by atoms with E-state index < -0.39 is 12.1 Å². The molecule has 36 heavy (non-hydrogen) atoms. The van der Waals surface area contributed by atoms with Crippen molar-refractivity contribution in [3.63, 3.8) is 0 Å². The number of halogens is 3. The number of carbonyl (C=O) groups is 3. The molecule has 1 aromatic rings. The number of anilines is 1. The molecular weight excluding hydrogens is 477 g/mol. The maximum atomic E-state index is 11.4. The highest BCUT2D eigenvalue weighted by molar-refractivity contribution is 5.85. The molecule has 0 aliphatic carbocycles. The zero-order valence-corrected chi connectivity index (χ0v) is 21.6. The number of hydrogen-bond acceptors (Lipinski definition) is 6. The highest BCUT2D eigenvalue weighted by Gasteiger charge is 2.38. The molecule has 2 amide bonds. The molecular formula is C25H39F3N4O4. The van der Waals surface area contributed by atoms with E-state index in [-0.39, 0.29) is 5.91 Å². The van der Waals surface area contributed by atoms with Gasteiger partial charge in [0.1, 0.15) is 0 Å². The number of carboxylic acids is 1. The Labute approximate surface area is 211 Å². The van der Waals surface area contributed by atoms with Gasteiger partial charge < -0.3 is 15.3 Å². The number of hydrogen-bond donors (Lipinski definition) is 3. The minimum Gasteiger partial charge on any atom is -0.475 e. The number of carbonyl (C=O) groups excluding carboxylic acids is 2. The van der Waals surface area contributed by atoms with Crippen LogP contribution in [0.15, 0.2) is 24.3 Å². The van der Waals surface area contributed by atoms with E-state index in [0.29, 0.717) is 36.9 Å². The minimum absolute atomic E-state index is 0.212. The summed E-state index contributed by atoms with van der Waals surface area (Å²) in [6, 6.07) is 10.5. The van der Waals surface area contributed by atoms with Crippen LogP contribution in [0.4, 0.5) is 18.9 Å². The van der Waals surface area contributed by atoms with Crippen LogP contribution in [0.2, 0.25) is 0 Å². The van der Waals surface area contributed by atoms with Crippen LogP contribution >= 0.6 is 0 Å². The van der Waals surface area contributed by atoms with E-state index in [1.165, 1.54) is 11.3 Å². The second-order valence-corrected chi connectivity index (χ2v) is 8.80. The van der Waals surface area contributed by atoms with Gasteiger partial charge in [-0.05, 0) is 43.9 Å². The summed E-state index contributed by atoms with van der Waals surface area (Å²) in [6.07, 6.45) is -3.52. The molecule has 0 saturated carbocycles. The van der Waals surface area contributed by atoms with Gasteiger partial charge in [-0.25, -0.2) is 4.79 Å². The zero-order valence-electron chi connectivity index (χ0n) is 21.6. The number of amides is 2. The lowest BCUT2D eigenvalue weighted by Crippen LogP contribution is -2.67. The Bertz CT molecular complexity index is 830. The molecule has 2 saturated heterocycles. The molecule has 204 valence electrons. The second-order valence-electron chi connectivity index (χ2n) is 8.80. The average Bonchev–Trinajstić information content (AvgIpc) is 2.81. The third kappa shape index (κ3) is 9.42. The van der Waals surface area contributed by atoms with Gasteiger partial charge in [0.2, 0.25) is 12.3 Å². The summed E-state index contributed by atoms with van der Waals surface area (Å²) >= 11 is 0. The Hall–Kier alpha value is -2.66. The van der Waals surface area contributed by atoms with Gasteiger partial charge in [0, 0.05) is 56.4 Å². The summed E-state index contributed by atoms with van der Waals surface area (Å²) in [5, 5.41) is 12.9. The first-order chi connectivity index (χ1) is 16.9. The van der Waals surface area contributed by atoms with Crippen LogP contribution in [-0.4, -0.2) is 78.8 Å². The van der Waals surface area contributed by atoms with Crippen molar-refractivity contribution in [1.29, 1.82) is 0 Å². The van der Waals surface area contributed by atoms with Crippen molar-refractivity contribution >= 4 is 24.0 Å². The van der Waals surface area contributed by atoms with Crippen LogP contribution in [0.1, 0.15) is 58.9 Å². The van der Waals surface area contributed by atoms with Crippen LogP contribution < -0.4 is 15.5 Å². The molecule has 8 nitrogen and oxygen atoms in total. The van der Waals surface area contributed by atoms with Gasteiger partial charge in [-0.3, -0.25) is 19.8 Å². The number of aliphatic carboxylic acids is 1. The van der Waals surface area contributed by atoms with E-state index in [1.807, 2.05) is 13.8 Å². The normalized spacial score (nSPS) is 21.1. The number of alkyl halides is 3. The van der Waals surface area contributed by atoms with Gasteiger partial charge in [0.15, 0.2) is 0 Å². The number of benzene rings is 1. The van der Waals surface area contributed by atoms with E-state index in [0.717, 1.165) is 32.6 Å². The van der Waals surface area contributed by atoms with Crippen LogP contribution in [0.5, 0.6) is 0 Å². The SMILES string of the molecule is CC.CC(CCC(=O)NC=O)c1ccc(N2CC(N3CCNC(C)[C@@H]3C)C2)cc1.O=C(O)C(F)(F)F. The van der Waals surface area contributed by atoms with E-state index >= 15 is 0 Å². The van der Waals surface area contributed by atoms with E-state index in [1.54, 1.807) is 0 Å². The molecule has 11 heteroatoms. The molecule has 3 atom stereocenters. The number of imide groups is 1. The van der Waals surface area contributed by atoms with E-state index in [4.69, 9.17) is 9.90 Å². The fourth-order valence-corrected chi connectivity index (χ4v) is 4.14. The maximum absolute atomic E-state index is 11.4. The smallest absolute Gasteiger partial charge is 0.475 e. The van der Waals surface area contributed by atoms with Crippen LogP contribution in [0.25, 0.3) is 0 Å². The average molecular weight is 517 g/mol. The Morgan fingerprint density at radius 3 is 2.25 bits per heavy atom. The van der Waals surface area contributed by atoms with Crippen molar-refractivity contribution in [2.45, 2.75) is 77.7 Å². The summed E-state index contributed by atoms with van der Waals surface area (Å²) in [5.41, 5.74) is 2.51. The molecule has 2 unspecified atom stereocenters. The third-order valence-electron chi connectivity index (χ3n) is 6.51. The topological polar surface area (TPSA) is 102 Å². The van der Waals surface area contributed by atoms with Crippen molar-refractivity contribution < 1.29 is 32.7 Å². The highest BCUT2D eigenvalue weighted by Crippen LogP contribution is 2.28. The van der Waals surface area contributed by atoms with Crippen molar-refractivity contribution in [3.05, 3.63) is 29.8 Å². The maximum Gasteiger partial charge on any atom is 0.490 e. The zero-order chi connectivity index (χ0) is 27.5. The fourth-order valence-electron chi connectivity index (χ4n) is 4.14. The van der Waals surface area contributed by atoms with Gasteiger partial charge in [0.25, 0.3) is 0 Å². The molecule has 0 spiro atoms. The lowest BCUT2D eigenvalue weighted by Gasteiger charge is -2.51. The molecule has 2 heterocycles. The quantitative estimate of drug-likeness (QED) is 0.478. The second kappa shape index (κ2) is 14.8. The van der Waals surface area contributed by atoms with Crippen LogP contribution in [0, 0.1) is 0 Å². The van der Waals surface area contributed by atoms with Crippen molar-refractivity contribution in [2.75, 3.05) is 31.1 Å². The monoisotopic (exact) mass is 516 g/mol. The first-order valence-electron chi connectivity index (χ1n) is 12.3. The summed E-state index contributed by atoms with van der Waals surface area (Å²) in [4.78, 5) is 35.7. The first-order valence-corrected chi connectivity index (χ1v) is 12.3. The number of piperazine rings is 1. The molecule has 0 aromatic heterocycles. The Kier molecular flexibility index (Phi) is 12.9. The fraction of sp³-hybridized carbons (Fsp3) is 0.640. The summed E-state index contributed by atoms with van der Waals surface area (Å²) in [7, 11) is 0. The molecule has 2 aliphatic rings. The van der Waals surface area contributed by atoms with Crippen molar-refractivity contribution in [1.82, 2.24) is 15.5 Å². The predicted octanol–water partition coefficient (Wildman–Crippen LogP) is 3.37. The van der Waals surface area contributed by atoms with Gasteiger partial charge in [-0.15, -0.1) is 0 Å². The van der Waals surface area contributed by atoms with Crippen LogP contribution in [0.3, 0.4) is 0 Å². The number of nitrogens with zero attached hydrogens (tertiary/aromatic N) is 2. The Morgan fingerprint density at radius 2 is 1.75 bits per heavy atom. The molecule has 2 fully saturated rings. The van der Waals surface area contributed by atoms with Gasteiger partial charge in [-0.2, -0.15) is 13.2 Å². The Morgan fingerprint density at radius 1 is 1.19 bits per heavy atom. The van der Waals surface area contributed by atoms with Gasteiger partial charge in [0.05, 0.1) is 0 Å². The molecule has 0 radical (unpaired) electrons. The highest BCUT2D eigenvalue weighted by atomic mass is 19.4. The molecule has 1 aromatic carbocycles.